The van der Waals surface area contributed by atoms with E-state index in [1.165, 1.54) is 51.6 Å². The topological polar surface area (TPSA) is 67.6 Å². The van der Waals surface area contributed by atoms with Crippen LogP contribution in [0.4, 0.5) is 11.4 Å². The molecule has 2 aliphatic rings. The molecule has 33 heavy (non-hydrogen) atoms. The summed E-state index contributed by atoms with van der Waals surface area (Å²) in [6, 6.07) is 14.7. The fraction of sp³-hybridized carbons (Fsp3) is 0.500. The zero-order valence-electron chi connectivity index (χ0n) is 19.2. The SMILES string of the molecule is Cl.Cl.Nc1ccccc1NC(=O)c1ccc(OC2CCCN(CC3CCCCC3)CC2)cc1. The van der Waals surface area contributed by atoms with E-state index in [9.17, 15) is 4.79 Å². The normalized spacial score (nSPS) is 19.5. The van der Waals surface area contributed by atoms with Crippen molar-refractivity contribution in [1.82, 2.24) is 4.90 Å². The highest BCUT2D eigenvalue weighted by Crippen LogP contribution is 2.26. The van der Waals surface area contributed by atoms with Crippen LogP contribution in [0, 0.1) is 5.92 Å². The van der Waals surface area contributed by atoms with Gasteiger partial charge in [-0.15, -0.1) is 24.8 Å². The second-order valence-electron chi connectivity index (χ2n) is 9.04. The van der Waals surface area contributed by atoms with E-state index in [4.69, 9.17) is 10.5 Å². The lowest BCUT2D eigenvalue weighted by atomic mass is 9.89. The van der Waals surface area contributed by atoms with E-state index in [-0.39, 0.29) is 36.8 Å². The van der Waals surface area contributed by atoms with Crippen LogP contribution in [-0.2, 0) is 0 Å². The number of carbonyl (C=O) groups is 1. The van der Waals surface area contributed by atoms with E-state index in [1.807, 2.05) is 36.4 Å². The molecule has 4 rings (SSSR count). The maximum Gasteiger partial charge on any atom is 0.255 e. The van der Waals surface area contributed by atoms with E-state index in [0.717, 1.165) is 31.1 Å². The van der Waals surface area contributed by atoms with E-state index < -0.39 is 0 Å². The number of nitrogen functional groups attached to an aromatic ring is 1. The standard InChI is InChI=1S/C26H35N3O2.2ClH/c27-24-10-4-5-11-25(24)28-26(30)21-12-14-23(15-13-21)31-22-9-6-17-29(18-16-22)19-20-7-2-1-3-8-20;;/h4-5,10-15,20,22H,1-3,6-9,16-19,27H2,(H,28,30);2*1H. The molecule has 7 heteroatoms. The summed E-state index contributed by atoms with van der Waals surface area (Å²) in [6.07, 6.45) is 10.7. The highest BCUT2D eigenvalue weighted by atomic mass is 35.5. The smallest absolute Gasteiger partial charge is 0.255 e. The number of nitrogens with two attached hydrogens (primary N) is 1. The molecule has 1 aliphatic heterocycles. The lowest BCUT2D eigenvalue weighted by molar-refractivity contribution is 0.102. The molecule has 1 saturated heterocycles. The van der Waals surface area contributed by atoms with Crippen molar-refractivity contribution in [1.29, 1.82) is 0 Å². The highest BCUT2D eigenvalue weighted by Gasteiger charge is 2.22. The fourth-order valence-electron chi connectivity index (χ4n) is 4.84. The van der Waals surface area contributed by atoms with Crippen molar-refractivity contribution >= 4 is 42.1 Å². The molecular weight excluding hydrogens is 457 g/mol. The first-order chi connectivity index (χ1) is 15.2. The Morgan fingerprint density at radius 2 is 1.64 bits per heavy atom. The minimum Gasteiger partial charge on any atom is -0.490 e. The lowest BCUT2D eigenvalue weighted by Gasteiger charge is -2.28. The van der Waals surface area contributed by atoms with Crippen LogP contribution in [0.1, 0.15) is 61.7 Å². The number of likely N-dealkylation sites (tertiary alicyclic amines) is 1. The van der Waals surface area contributed by atoms with Crippen molar-refractivity contribution in [2.75, 3.05) is 30.7 Å². The van der Waals surface area contributed by atoms with Gasteiger partial charge in [-0.05, 0) is 81.0 Å². The molecule has 2 fully saturated rings. The number of hydrogen-bond acceptors (Lipinski definition) is 4. The van der Waals surface area contributed by atoms with Crippen molar-refractivity contribution in [2.45, 2.75) is 57.5 Å². The van der Waals surface area contributed by atoms with Gasteiger partial charge in [0.25, 0.3) is 5.91 Å². The number of anilines is 2. The predicted molar refractivity (Wildman–Crippen MR) is 141 cm³/mol. The van der Waals surface area contributed by atoms with Crippen molar-refractivity contribution in [2.24, 2.45) is 5.92 Å². The van der Waals surface area contributed by atoms with Gasteiger partial charge in [-0.25, -0.2) is 0 Å². The third-order valence-electron chi connectivity index (χ3n) is 6.64. The number of nitrogens with one attached hydrogen (secondary N) is 1. The minimum atomic E-state index is -0.169. The number of para-hydroxylation sites is 2. The molecule has 0 aromatic heterocycles. The molecule has 1 aliphatic carbocycles. The zero-order chi connectivity index (χ0) is 21.5. The minimum absolute atomic E-state index is 0. The highest BCUT2D eigenvalue weighted by molar-refractivity contribution is 6.05. The van der Waals surface area contributed by atoms with Crippen LogP contribution in [0.25, 0.3) is 0 Å². The summed E-state index contributed by atoms with van der Waals surface area (Å²) in [5.41, 5.74) is 7.69. The summed E-state index contributed by atoms with van der Waals surface area (Å²) < 4.78 is 6.27. The maximum atomic E-state index is 12.5. The van der Waals surface area contributed by atoms with Crippen LogP contribution in [0.5, 0.6) is 5.75 Å². The summed E-state index contributed by atoms with van der Waals surface area (Å²) in [5, 5.41) is 2.86. The number of halogens is 2. The third-order valence-corrected chi connectivity index (χ3v) is 6.64. The van der Waals surface area contributed by atoms with Gasteiger partial charge >= 0.3 is 0 Å². The van der Waals surface area contributed by atoms with Crippen LogP contribution in [-0.4, -0.2) is 36.5 Å². The average molecular weight is 495 g/mol. The first-order valence-corrected chi connectivity index (χ1v) is 11.8. The molecule has 1 saturated carbocycles. The van der Waals surface area contributed by atoms with Gasteiger partial charge < -0.3 is 20.7 Å². The first-order valence-electron chi connectivity index (χ1n) is 11.8. The van der Waals surface area contributed by atoms with Crippen LogP contribution in [0.2, 0.25) is 0 Å². The summed E-state index contributed by atoms with van der Waals surface area (Å²) in [6.45, 7) is 3.58. The molecule has 1 heterocycles. The Morgan fingerprint density at radius 3 is 2.36 bits per heavy atom. The first kappa shape index (κ1) is 27.3. The van der Waals surface area contributed by atoms with Gasteiger partial charge in [-0.1, -0.05) is 31.4 Å². The summed E-state index contributed by atoms with van der Waals surface area (Å²) in [5.74, 6) is 1.56. The van der Waals surface area contributed by atoms with Gasteiger partial charge in [-0.2, -0.15) is 0 Å². The monoisotopic (exact) mass is 493 g/mol. The molecule has 1 amide bonds. The summed E-state index contributed by atoms with van der Waals surface area (Å²) in [7, 11) is 0. The quantitative estimate of drug-likeness (QED) is 0.471. The molecular formula is C26H37Cl2N3O2. The largest absolute Gasteiger partial charge is 0.490 e. The number of benzene rings is 2. The molecule has 1 unspecified atom stereocenters. The average Bonchev–Trinajstić information content (AvgIpc) is 3.01. The number of nitrogens with zero attached hydrogens (tertiary/aromatic N) is 1. The van der Waals surface area contributed by atoms with Crippen LogP contribution < -0.4 is 15.8 Å². The van der Waals surface area contributed by atoms with Gasteiger partial charge in [0.05, 0.1) is 17.5 Å². The van der Waals surface area contributed by atoms with Crippen molar-refractivity contribution in [3.05, 3.63) is 54.1 Å². The van der Waals surface area contributed by atoms with Crippen molar-refractivity contribution in [3.63, 3.8) is 0 Å². The molecule has 0 radical (unpaired) electrons. The summed E-state index contributed by atoms with van der Waals surface area (Å²) in [4.78, 5) is 15.2. The third kappa shape index (κ3) is 8.09. The number of amides is 1. The molecule has 182 valence electrons. The van der Waals surface area contributed by atoms with Gasteiger partial charge in [-0.3, -0.25) is 4.79 Å². The van der Waals surface area contributed by atoms with E-state index in [1.54, 1.807) is 12.1 Å². The van der Waals surface area contributed by atoms with E-state index in [2.05, 4.69) is 10.2 Å². The van der Waals surface area contributed by atoms with Crippen LogP contribution >= 0.6 is 24.8 Å². The molecule has 2 aromatic carbocycles. The summed E-state index contributed by atoms with van der Waals surface area (Å²) >= 11 is 0. The number of hydrogen-bond donors (Lipinski definition) is 2. The predicted octanol–water partition coefficient (Wildman–Crippen LogP) is 6.18. The van der Waals surface area contributed by atoms with Gasteiger partial charge in [0.2, 0.25) is 0 Å². The van der Waals surface area contributed by atoms with Gasteiger partial charge in [0.1, 0.15) is 5.75 Å². The Balaban J connectivity index is 0.00000193. The second-order valence-corrected chi connectivity index (χ2v) is 9.04. The second kappa shape index (κ2) is 13.7. The molecule has 3 N–H and O–H groups in total. The lowest BCUT2D eigenvalue weighted by Crippen LogP contribution is -2.32. The molecule has 2 aromatic rings. The Bertz CT molecular complexity index is 857. The number of rotatable bonds is 6. The number of carbonyl (C=O) groups excluding carboxylic acids is 1. The molecule has 0 bridgehead atoms. The Hall–Kier alpha value is -1.95. The fourth-order valence-corrected chi connectivity index (χ4v) is 4.84. The van der Waals surface area contributed by atoms with E-state index in [0.29, 0.717) is 16.9 Å². The van der Waals surface area contributed by atoms with Crippen LogP contribution in [0.15, 0.2) is 48.5 Å². The molecule has 5 nitrogen and oxygen atoms in total. The number of ether oxygens (including phenoxy) is 1. The molecule has 0 spiro atoms. The Morgan fingerprint density at radius 1 is 0.909 bits per heavy atom. The Kier molecular flexibility index (Phi) is 11.3. The maximum absolute atomic E-state index is 12.5. The van der Waals surface area contributed by atoms with Gasteiger partial charge in [0, 0.05) is 18.7 Å². The Labute approximate surface area is 210 Å². The van der Waals surface area contributed by atoms with E-state index >= 15 is 0 Å². The zero-order valence-corrected chi connectivity index (χ0v) is 20.8. The molecule has 1 atom stereocenters. The van der Waals surface area contributed by atoms with Gasteiger partial charge in [0.15, 0.2) is 0 Å². The van der Waals surface area contributed by atoms with Crippen molar-refractivity contribution < 1.29 is 9.53 Å². The van der Waals surface area contributed by atoms with Crippen molar-refractivity contribution in [3.8, 4) is 5.75 Å². The van der Waals surface area contributed by atoms with Crippen LogP contribution in [0.3, 0.4) is 0 Å².